The van der Waals surface area contributed by atoms with Gasteiger partial charge in [0, 0.05) is 36.3 Å². The number of methoxy groups -OCH3 is 2. The van der Waals surface area contributed by atoms with E-state index in [0.717, 1.165) is 11.1 Å². The molecule has 0 aliphatic rings. The van der Waals surface area contributed by atoms with Crippen LogP contribution in [0, 0.1) is 0 Å². The molecule has 0 aliphatic carbocycles. The first kappa shape index (κ1) is 27.0. The van der Waals surface area contributed by atoms with Gasteiger partial charge in [-0.1, -0.05) is 60.7 Å². The minimum atomic E-state index is -0.0347. The van der Waals surface area contributed by atoms with E-state index in [1.807, 2.05) is 60.7 Å². The van der Waals surface area contributed by atoms with Gasteiger partial charge in [-0.25, -0.2) is 0 Å². The summed E-state index contributed by atoms with van der Waals surface area (Å²) in [4.78, 5) is 0. The molecule has 0 amide bonds. The lowest BCUT2D eigenvalue weighted by molar-refractivity contribution is 0.370. The lowest BCUT2D eigenvalue weighted by Gasteiger charge is -2.19. The lowest BCUT2D eigenvalue weighted by Crippen LogP contribution is -2.18. The third kappa shape index (κ3) is 6.28. The number of ether oxygens (including phenoxy) is 2. The molecule has 198 valence electrons. The molecule has 38 heavy (non-hydrogen) atoms. The maximum Gasteiger partial charge on any atom is 0.165 e. The van der Waals surface area contributed by atoms with Crippen LogP contribution in [0.1, 0.15) is 48.2 Å². The van der Waals surface area contributed by atoms with Crippen LogP contribution >= 0.6 is 0 Å². The molecule has 0 aromatic heterocycles. The number of aromatic hydroxyl groups is 2. The second-order valence-electron chi connectivity index (χ2n) is 9.42. The van der Waals surface area contributed by atoms with E-state index in [1.165, 1.54) is 25.3 Å². The molecule has 6 nitrogen and oxygen atoms in total. The number of phenolic OH excluding ortho intramolecular Hbond substituents is 2. The quantitative estimate of drug-likeness (QED) is 0.184. The predicted octanol–water partition coefficient (Wildman–Crippen LogP) is 6.48. The number of nitrogens with one attached hydrogen (secondary N) is 2. The Morgan fingerprint density at radius 1 is 0.605 bits per heavy atom. The zero-order valence-corrected chi connectivity index (χ0v) is 22.4. The van der Waals surface area contributed by atoms with E-state index in [-0.39, 0.29) is 23.6 Å². The van der Waals surface area contributed by atoms with Gasteiger partial charge in [-0.15, -0.1) is 0 Å². The topological polar surface area (TPSA) is 83.0 Å². The van der Waals surface area contributed by atoms with Gasteiger partial charge in [-0.2, -0.15) is 0 Å². The molecule has 4 aromatic rings. The molecule has 0 fully saturated rings. The molecule has 0 spiro atoms. The molecule has 0 radical (unpaired) electrons. The van der Waals surface area contributed by atoms with Gasteiger partial charge in [0.1, 0.15) is 0 Å². The molecular formula is C32H36N2O4. The van der Waals surface area contributed by atoms with Crippen molar-refractivity contribution in [2.24, 2.45) is 0 Å². The van der Waals surface area contributed by atoms with Crippen LogP contribution < -0.4 is 20.1 Å². The van der Waals surface area contributed by atoms with E-state index >= 15 is 0 Å². The Bertz CT molecular complexity index is 1240. The lowest BCUT2D eigenvalue weighted by atomic mass is 9.97. The Morgan fingerprint density at radius 3 is 1.32 bits per heavy atom. The van der Waals surface area contributed by atoms with E-state index in [4.69, 9.17) is 9.47 Å². The summed E-state index contributed by atoms with van der Waals surface area (Å²) in [6.07, 6.45) is 0. The molecule has 0 saturated carbocycles. The second kappa shape index (κ2) is 12.5. The standard InChI is InChI=1S/C32H36N2O4/c1-21(25-11-7-5-8-12-25)33-19-23-15-27(31(35)29(17-23)37-3)28-16-24(18-30(38-4)32(28)36)20-34-22(2)26-13-9-6-10-14-26/h5-18,21-22,33-36H,19-20H2,1-4H3/t21-,22-/m1/s1. The van der Waals surface area contributed by atoms with Crippen molar-refractivity contribution in [1.29, 1.82) is 0 Å². The van der Waals surface area contributed by atoms with Crippen molar-refractivity contribution in [3.63, 3.8) is 0 Å². The summed E-state index contributed by atoms with van der Waals surface area (Å²) in [6.45, 7) is 5.32. The molecule has 2 atom stereocenters. The first-order valence-electron chi connectivity index (χ1n) is 12.8. The van der Waals surface area contributed by atoms with Crippen LogP contribution in [0.4, 0.5) is 0 Å². The fraction of sp³-hybridized carbons (Fsp3) is 0.250. The van der Waals surface area contributed by atoms with Crippen molar-refractivity contribution in [3.8, 4) is 34.1 Å². The normalized spacial score (nSPS) is 12.6. The number of hydrogen-bond donors (Lipinski definition) is 4. The average molecular weight is 513 g/mol. The van der Waals surface area contributed by atoms with E-state index in [0.29, 0.717) is 35.7 Å². The molecule has 6 heteroatoms. The minimum Gasteiger partial charge on any atom is -0.504 e. The highest BCUT2D eigenvalue weighted by molar-refractivity contribution is 5.81. The fourth-order valence-corrected chi connectivity index (χ4v) is 4.52. The summed E-state index contributed by atoms with van der Waals surface area (Å²) < 4.78 is 11.0. The number of benzene rings is 4. The van der Waals surface area contributed by atoms with Crippen LogP contribution in [0.5, 0.6) is 23.0 Å². The van der Waals surface area contributed by atoms with Crippen molar-refractivity contribution in [2.45, 2.75) is 39.0 Å². The molecule has 4 aromatic carbocycles. The molecule has 4 rings (SSSR count). The summed E-state index contributed by atoms with van der Waals surface area (Å²) in [5, 5.41) is 29.2. The molecular weight excluding hydrogens is 476 g/mol. The monoisotopic (exact) mass is 512 g/mol. The fourth-order valence-electron chi connectivity index (χ4n) is 4.52. The van der Waals surface area contributed by atoms with Crippen molar-refractivity contribution >= 4 is 0 Å². The number of hydrogen-bond acceptors (Lipinski definition) is 6. The third-order valence-corrected chi connectivity index (χ3v) is 6.82. The van der Waals surface area contributed by atoms with Gasteiger partial charge in [0.15, 0.2) is 23.0 Å². The molecule has 0 heterocycles. The average Bonchev–Trinajstić information content (AvgIpc) is 2.96. The number of phenols is 2. The van der Waals surface area contributed by atoms with E-state index in [2.05, 4.69) is 48.7 Å². The summed E-state index contributed by atoms with van der Waals surface area (Å²) >= 11 is 0. The highest BCUT2D eigenvalue weighted by atomic mass is 16.5. The maximum atomic E-state index is 11.1. The highest BCUT2D eigenvalue weighted by Gasteiger charge is 2.20. The van der Waals surface area contributed by atoms with Gasteiger partial charge in [0.05, 0.1) is 14.2 Å². The van der Waals surface area contributed by atoms with E-state index < -0.39 is 0 Å². The van der Waals surface area contributed by atoms with Gasteiger partial charge in [-0.3, -0.25) is 0 Å². The molecule has 4 N–H and O–H groups in total. The summed E-state index contributed by atoms with van der Waals surface area (Å²) in [7, 11) is 3.04. The zero-order valence-electron chi connectivity index (χ0n) is 22.4. The van der Waals surface area contributed by atoms with Crippen molar-refractivity contribution < 1.29 is 19.7 Å². The van der Waals surface area contributed by atoms with Gasteiger partial charge in [-0.05, 0) is 60.4 Å². The van der Waals surface area contributed by atoms with Crippen LogP contribution in [-0.2, 0) is 13.1 Å². The SMILES string of the molecule is COc1cc(CN[C@H](C)c2ccccc2)cc(-c2cc(CN[C@H](C)c3ccccc3)cc(OC)c2O)c1O. The van der Waals surface area contributed by atoms with E-state index in [1.54, 1.807) is 0 Å². The van der Waals surface area contributed by atoms with Crippen molar-refractivity contribution in [2.75, 3.05) is 14.2 Å². The van der Waals surface area contributed by atoms with Crippen LogP contribution in [0.2, 0.25) is 0 Å². The van der Waals surface area contributed by atoms with Gasteiger partial charge in [0.2, 0.25) is 0 Å². The molecule has 0 unspecified atom stereocenters. The smallest absolute Gasteiger partial charge is 0.165 e. The maximum absolute atomic E-state index is 11.1. The zero-order chi connectivity index (χ0) is 27.1. The first-order valence-corrected chi connectivity index (χ1v) is 12.8. The van der Waals surface area contributed by atoms with Crippen LogP contribution in [0.25, 0.3) is 11.1 Å². The second-order valence-corrected chi connectivity index (χ2v) is 9.42. The molecule has 0 bridgehead atoms. The third-order valence-electron chi connectivity index (χ3n) is 6.82. The number of rotatable bonds is 11. The van der Waals surface area contributed by atoms with Crippen molar-refractivity contribution in [3.05, 3.63) is 107 Å². The minimum absolute atomic E-state index is 0.0347. The Balaban J connectivity index is 1.63. The van der Waals surface area contributed by atoms with Crippen molar-refractivity contribution in [1.82, 2.24) is 10.6 Å². The molecule has 0 aliphatic heterocycles. The Labute approximate surface area is 224 Å². The summed E-state index contributed by atoms with van der Waals surface area (Å²) in [5.41, 5.74) is 5.15. The van der Waals surface area contributed by atoms with E-state index in [9.17, 15) is 10.2 Å². The van der Waals surface area contributed by atoms with Gasteiger partial charge < -0.3 is 30.3 Å². The largest absolute Gasteiger partial charge is 0.504 e. The molecule has 0 saturated heterocycles. The van der Waals surface area contributed by atoms with Crippen LogP contribution in [0.3, 0.4) is 0 Å². The Hall–Kier alpha value is -4.00. The van der Waals surface area contributed by atoms with Gasteiger partial charge >= 0.3 is 0 Å². The first-order chi connectivity index (χ1) is 18.4. The predicted molar refractivity (Wildman–Crippen MR) is 152 cm³/mol. The van der Waals surface area contributed by atoms with Crippen LogP contribution in [-0.4, -0.2) is 24.4 Å². The summed E-state index contributed by atoms with van der Waals surface area (Å²) in [6, 6.07) is 28.1. The van der Waals surface area contributed by atoms with Gasteiger partial charge in [0.25, 0.3) is 0 Å². The Kier molecular flexibility index (Phi) is 8.89. The highest BCUT2D eigenvalue weighted by Crippen LogP contribution is 2.45. The summed E-state index contributed by atoms with van der Waals surface area (Å²) in [5.74, 6) is 0.609. The van der Waals surface area contributed by atoms with Crippen LogP contribution in [0.15, 0.2) is 84.9 Å². The Morgan fingerprint density at radius 2 is 0.974 bits per heavy atom.